The monoisotopic (exact) mass is 230 g/mol. The Morgan fingerprint density at radius 1 is 1.75 bits per heavy atom. The van der Waals surface area contributed by atoms with Gasteiger partial charge < -0.3 is 10.6 Å². The Kier molecular flexibility index (Phi) is 3.34. The molecule has 0 unspecified atom stereocenters. The highest BCUT2D eigenvalue weighted by molar-refractivity contribution is 9.09. The van der Waals surface area contributed by atoms with Crippen molar-refractivity contribution in [2.45, 2.75) is 6.42 Å². The molecule has 4 heteroatoms. The summed E-state index contributed by atoms with van der Waals surface area (Å²) < 4.78 is 0. The van der Waals surface area contributed by atoms with Gasteiger partial charge in [-0.2, -0.15) is 0 Å². The number of hydrogen-bond acceptors (Lipinski definition) is 2. The third-order valence-corrected chi connectivity index (χ3v) is 1.97. The Morgan fingerprint density at radius 3 is 3.08 bits per heavy atom. The Labute approximate surface area is 80.0 Å². The highest BCUT2D eigenvalue weighted by Gasteiger charge is 2.08. The maximum absolute atomic E-state index is 10.8. The largest absolute Gasteiger partial charge is 0.366 e. The van der Waals surface area contributed by atoms with Crippen LogP contribution in [0, 0.1) is 0 Å². The van der Waals surface area contributed by atoms with E-state index in [4.69, 9.17) is 5.73 Å². The Morgan fingerprint density at radius 2 is 2.50 bits per heavy atom. The lowest BCUT2D eigenvalue weighted by Crippen LogP contribution is -2.21. The number of rotatable bonds is 3. The molecular weight excluding hydrogens is 220 g/mol. The molecule has 0 aromatic carbocycles. The van der Waals surface area contributed by atoms with Gasteiger partial charge in [0.05, 0.1) is 0 Å². The van der Waals surface area contributed by atoms with Crippen molar-refractivity contribution in [2.24, 2.45) is 5.73 Å². The lowest BCUT2D eigenvalue weighted by molar-refractivity contribution is -0.114. The van der Waals surface area contributed by atoms with E-state index in [-0.39, 0.29) is 5.91 Å². The lowest BCUT2D eigenvalue weighted by atomic mass is 10.1. The van der Waals surface area contributed by atoms with Crippen molar-refractivity contribution in [1.82, 2.24) is 4.90 Å². The SMILES string of the molecule is NC(=O)C1=CN(CCBr)C=CC1. The predicted molar refractivity (Wildman–Crippen MR) is 51.5 cm³/mol. The molecule has 0 saturated carbocycles. The standard InChI is InChI=1S/C8H11BrN2O/c9-3-5-11-4-1-2-7(6-11)8(10)12/h1,4,6H,2-3,5H2,(H2,10,12). The molecule has 3 nitrogen and oxygen atoms in total. The Balaban J connectivity index is 2.61. The molecule has 0 bridgehead atoms. The van der Waals surface area contributed by atoms with Gasteiger partial charge in [-0.1, -0.05) is 22.0 Å². The van der Waals surface area contributed by atoms with Gasteiger partial charge in [0.1, 0.15) is 0 Å². The molecule has 0 saturated heterocycles. The zero-order chi connectivity index (χ0) is 8.97. The van der Waals surface area contributed by atoms with Crippen molar-refractivity contribution in [3.8, 4) is 0 Å². The summed E-state index contributed by atoms with van der Waals surface area (Å²) in [5.74, 6) is -0.334. The molecule has 0 aromatic rings. The molecule has 1 heterocycles. The summed E-state index contributed by atoms with van der Waals surface area (Å²) in [6.07, 6.45) is 6.33. The molecule has 0 radical (unpaired) electrons. The topological polar surface area (TPSA) is 46.3 Å². The van der Waals surface area contributed by atoms with E-state index in [2.05, 4.69) is 15.9 Å². The first-order chi connectivity index (χ1) is 5.74. The average molecular weight is 231 g/mol. The fourth-order valence-electron chi connectivity index (χ4n) is 1.01. The number of nitrogens with zero attached hydrogens (tertiary/aromatic N) is 1. The van der Waals surface area contributed by atoms with Crippen LogP contribution in [0.15, 0.2) is 24.0 Å². The van der Waals surface area contributed by atoms with E-state index in [1.807, 2.05) is 17.2 Å². The van der Waals surface area contributed by atoms with E-state index >= 15 is 0 Å². The molecule has 1 aliphatic heterocycles. The second kappa shape index (κ2) is 4.30. The van der Waals surface area contributed by atoms with Crippen molar-refractivity contribution in [3.63, 3.8) is 0 Å². The summed E-state index contributed by atoms with van der Waals surface area (Å²) in [4.78, 5) is 12.7. The van der Waals surface area contributed by atoms with E-state index in [1.165, 1.54) is 0 Å². The minimum absolute atomic E-state index is 0.334. The molecule has 66 valence electrons. The summed E-state index contributed by atoms with van der Waals surface area (Å²) in [5, 5.41) is 0.875. The highest BCUT2D eigenvalue weighted by atomic mass is 79.9. The molecule has 0 atom stereocenters. The normalized spacial score (nSPS) is 16.1. The molecule has 0 spiro atoms. The summed E-state index contributed by atoms with van der Waals surface area (Å²) in [7, 11) is 0. The van der Waals surface area contributed by atoms with Crippen LogP contribution in [0.4, 0.5) is 0 Å². The number of amides is 1. The molecule has 2 N–H and O–H groups in total. The Bertz CT molecular complexity index is 235. The molecule has 0 aliphatic carbocycles. The van der Waals surface area contributed by atoms with Crippen LogP contribution in [0.2, 0.25) is 0 Å². The second-order valence-corrected chi connectivity index (χ2v) is 3.33. The van der Waals surface area contributed by atoms with Gasteiger partial charge >= 0.3 is 0 Å². The molecule has 0 aromatic heterocycles. The molecular formula is C8H11BrN2O. The maximum atomic E-state index is 10.8. The minimum Gasteiger partial charge on any atom is -0.366 e. The Hall–Kier alpha value is -0.770. The molecule has 0 fully saturated rings. The van der Waals surface area contributed by atoms with Crippen LogP contribution in [0.25, 0.3) is 0 Å². The predicted octanol–water partition coefficient (Wildman–Crippen LogP) is 0.970. The molecule has 1 rings (SSSR count). The number of halogens is 1. The summed E-state index contributed by atoms with van der Waals surface area (Å²) in [5.41, 5.74) is 5.81. The van der Waals surface area contributed by atoms with Crippen molar-refractivity contribution in [2.75, 3.05) is 11.9 Å². The first kappa shape index (κ1) is 9.32. The van der Waals surface area contributed by atoms with Gasteiger partial charge in [0, 0.05) is 23.6 Å². The van der Waals surface area contributed by atoms with E-state index in [0.29, 0.717) is 12.0 Å². The number of hydrogen-bond donors (Lipinski definition) is 1. The van der Waals surface area contributed by atoms with Crippen molar-refractivity contribution >= 4 is 21.8 Å². The summed E-state index contributed by atoms with van der Waals surface area (Å²) >= 11 is 3.32. The number of alkyl halides is 1. The number of primary amides is 1. The van der Waals surface area contributed by atoms with Crippen LogP contribution < -0.4 is 5.73 Å². The maximum Gasteiger partial charge on any atom is 0.246 e. The van der Waals surface area contributed by atoms with Crippen LogP contribution in [0.3, 0.4) is 0 Å². The van der Waals surface area contributed by atoms with Crippen molar-refractivity contribution < 1.29 is 4.79 Å². The van der Waals surface area contributed by atoms with Crippen LogP contribution in [0.5, 0.6) is 0 Å². The van der Waals surface area contributed by atoms with E-state index < -0.39 is 0 Å². The van der Waals surface area contributed by atoms with Gasteiger partial charge in [0.2, 0.25) is 5.91 Å². The summed E-state index contributed by atoms with van der Waals surface area (Å²) in [6.45, 7) is 0.854. The quantitative estimate of drug-likeness (QED) is 0.735. The first-order valence-electron chi connectivity index (χ1n) is 3.73. The van der Waals surface area contributed by atoms with Gasteiger partial charge in [-0.15, -0.1) is 0 Å². The zero-order valence-electron chi connectivity index (χ0n) is 6.66. The van der Waals surface area contributed by atoms with E-state index in [9.17, 15) is 4.79 Å². The van der Waals surface area contributed by atoms with Gasteiger partial charge in [0.25, 0.3) is 0 Å². The van der Waals surface area contributed by atoms with Crippen LogP contribution in [-0.2, 0) is 4.79 Å². The smallest absolute Gasteiger partial charge is 0.246 e. The third kappa shape index (κ3) is 2.37. The van der Waals surface area contributed by atoms with E-state index in [1.54, 1.807) is 6.20 Å². The van der Waals surface area contributed by atoms with Gasteiger partial charge in [-0.05, 0) is 12.6 Å². The average Bonchev–Trinajstić information content (AvgIpc) is 2.05. The van der Waals surface area contributed by atoms with Gasteiger partial charge in [-0.3, -0.25) is 4.79 Å². The number of carbonyl (C=O) groups is 1. The fourth-order valence-corrected chi connectivity index (χ4v) is 1.42. The minimum atomic E-state index is -0.334. The van der Waals surface area contributed by atoms with Crippen LogP contribution in [-0.4, -0.2) is 22.7 Å². The molecule has 1 aliphatic rings. The van der Waals surface area contributed by atoms with Gasteiger partial charge in [-0.25, -0.2) is 0 Å². The zero-order valence-corrected chi connectivity index (χ0v) is 8.25. The highest BCUT2D eigenvalue weighted by Crippen LogP contribution is 2.11. The van der Waals surface area contributed by atoms with Crippen molar-refractivity contribution in [1.29, 1.82) is 0 Å². The fraction of sp³-hybridized carbons (Fsp3) is 0.375. The second-order valence-electron chi connectivity index (χ2n) is 2.53. The number of allylic oxidation sites excluding steroid dienone is 1. The lowest BCUT2D eigenvalue weighted by Gasteiger charge is -2.18. The number of carbonyl (C=O) groups excluding carboxylic acids is 1. The summed E-state index contributed by atoms with van der Waals surface area (Å²) in [6, 6.07) is 0. The number of nitrogens with two attached hydrogens (primary N) is 1. The van der Waals surface area contributed by atoms with Gasteiger partial charge in [0.15, 0.2) is 0 Å². The first-order valence-corrected chi connectivity index (χ1v) is 4.85. The molecule has 12 heavy (non-hydrogen) atoms. The van der Waals surface area contributed by atoms with Crippen LogP contribution in [0.1, 0.15) is 6.42 Å². The third-order valence-electron chi connectivity index (χ3n) is 1.62. The van der Waals surface area contributed by atoms with Crippen molar-refractivity contribution in [3.05, 3.63) is 24.0 Å². The van der Waals surface area contributed by atoms with Crippen LogP contribution >= 0.6 is 15.9 Å². The van der Waals surface area contributed by atoms with E-state index in [0.717, 1.165) is 11.9 Å². The molecule has 1 amide bonds.